The summed E-state index contributed by atoms with van der Waals surface area (Å²) in [5, 5.41) is 2.33. The van der Waals surface area contributed by atoms with E-state index in [4.69, 9.17) is 0 Å². The molecule has 0 aliphatic rings. The summed E-state index contributed by atoms with van der Waals surface area (Å²) in [4.78, 5) is 14.2. The van der Waals surface area contributed by atoms with Crippen LogP contribution in [0.15, 0.2) is 41.7 Å². The number of hydrogen-bond donors (Lipinski definition) is 0. The van der Waals surface area contributed by atoms with Gasteiger partial charge in [-0.2, -0.15) is 0 Å². The molecule has 0 fully saturated rings. The fourth-order valence-corrected chi connectivity index (χ4v) is 1.34. The molecule has 5 heteroatoms. The summed E-state index contributed by atoms with van der Waals surface area (Å²) >= 11 is 0. The monoisotopic (exact) mass is 220 g/mol. The predicted molar refractivity (Wildman–Crippen MR) is 55.0 cm³/mol. The molecule has 1 heterocycles. The minimum absolute atomic E-state index is 0.0524. The highest BCUT2D eigenvalue weighted by molar-refractivity contribution is 5.65. The van der Waals surface area contributed by atoms with E-state index in [2.05, 4.69) is 10.2 Å². The summed E-state index contributed by atoms with van der Waals surface area (Å²) in [6, 6.07) is 7.11. The van der Waals surface area contributed by atoms with Gasteiger partial charge in [0.15, 0.2) is 17.3 Å². The van der Waals surface area contributed by atoms with Crippen LogP contribution in [0.4, 0.5) is 14.5 Å². The lowest BCUT2D eigenvalue weighted by Crippen LogP contribution is -1.90. The van der Waals surface area contributed by atoms with Gasteiger partial charge in [0.25, 0.3) is 0 Å². The van der Waals surface area contributed by atoms with Crippen molar-refractivity contribution in [1.82, 2.24) is 4.98 Å². The molecule has 16 heavy (non-hydrogen) atoms. The van der Waals surface area contributed by atoms with Crippen molar-refractivity contribution >= 4 is 5.69 Å². The zero-order valence-corrected chi connectivity index (χ0v) is 8.02. The van der Waals surface area contributed by atoms with E-state index in [1.807, 2.05) is 0 Å². The molecule has 1 aromatic carbocycles. The zero-order chi connectivity index (χ0) is 11.5. The number of hydrogen-bond acceptors (Lipinski definition) is 3. The molecule has 0 atom stereocenters. The Balaban J connectivity index is 2.64. The van der Waals surface area contributed by atoms with E-state index in [1.54, 1.807) is 18.2 Å². The molecule has 80 valence electrons. The number of rotatable bonds is 2. The molecule has 0 saturated carbocycles. The first-order valence-electron chi connectivity index (χ1n) is 4.47. The van der Waals surface area contributed by atoms with Crippen LogP contribution >= 0.6 is 0 Å². The molecule has 0 aliphatic carbocycles. The predicted octanol–water partition coefficient (Wildman–Crippen LogP) is 3.42. The number of benzene rings is 1. The Morgan fingerprint density at radius 3 is 2.56 bits per heavy atom. The topological polar surface area (TPSA) is 42.3 Å². The molecular weight excluding hydrogens is 214 g/mol. The summed E-state index contributed by atoms with van der Waals surface area (Å²) < 4.78 is 26.6. The van der Waals surface area contributed by atoms with E-state index >= 15 is 0 Å². The Bertz CT molecular complexity index is 529. The highest BCUT2D eigenvalue weighted by Crippen LogP contribution is 2.30. The quantitative estimate of drug-likeness (QED) is 0.727. The Kier molecular flexibility index (Phi) is 2.68. The van der Waals surface area contributed by atoms with Gasteiger partial charge in [0, 0.05) is 11.8 Å². The number of nitrogens with zero attached hydrogens (tertiary/aromatic N) is 2. The van der Waals surface area contributed by atoms with Crippen molar-refractivity contribution in [2.45, 2.75) is 0 Å². The molecule has 1 aromatic heterocycles. The zero-order valence-electron chi connectivity index (χ0n) is 8.02. The van der Waals surface area contributed by atoms with Crippen LogP contribution in [0.5, 0.6) is 0 Å². The number of aromatic nitrogens is 1. The molecule has 2 aromatic rings. The second-order valence-corrected chi connectivity index (χ2v) is 3.06. The summed E-state index contributed by atoms with van der Waals surface area (Å²) in [6.07, 6.45) is 1.48. The van der Waals surface area contributed by atoms with Gasteiger partial charge < -0.3 is 0 Å². The Hall–Kier alpha value is -2.17. The normalized spacial score (nSPS) is 10.1. The molecule has 0 saturated heterocycles. The van der Waals surface area contributed by atoms with Gasteiger partial charge >= 0.3 is 0 Å². The van der Waals surface area contributed by atoms with Crippen molar-refractivity contribution in [3.63, 3.8) is 0 Å². The van der Waals surface area contributed by atoms with Crippen molar-refractivity contribution in [3.8, 4) is 11.3 Å². The average molecular weight is 220 g/mol. The SMILES string of the molecule is O=Nc1c(F)ccc(-c2ccccn2)c1F. The number of pyridine rings is 1. The fourth-order valence-electron chi connectivity index (χ4n) is 1.34. The summed E-state index contributed by atoms with van der Waals surface area (Å²) in [7, 11) is 0. The van der Waals surface area contributed by atoms with E-state index in [1.165, 1.54) is 12.3 Å². The Morgan fingerprint density at radius 1 is 1.12 bits per heavy atom. The van der Waals surface area contributed by atoms with Crippen LogP contribution in [-0.4, -0.2) is 4.98 Å². The molecule has 0 spiro atoms. The lowest BCUT2D eigenvalue weighted by molar-refractivity contribution is 0.589. The van der Waals surface area contributed by atoms with Crippen LogP contribution in [-0.2, 0) is 0 Å². The molecule has 0 aliphatic heterocycles. The summed E-state index contributed by atoms with van der Waals surface area (Å²) in [5.74, 6) is -1.97. The third kappa shape index (κ3) is 1.67. The third-order valence-electron chi connectivity index (χ3n) is 2.10. The highest BCUT2D eigenvalue weighted by Gasteiger charge is 2.15. The maximum Gasteiger partial charge on any atom is 0.179 e. The lowest BCUT2D eigenvalue weighted by Gasteiger charge is -2.03. The van der Waals surface area contributed by atoms with Crippen LogP contribution < -0.4 is 0 Å². The van der Waals surface area contributed by atoms with Crippen LogP contribution in [0.25, 0.3) is 11.3 Å². The van der Waals surface area contributed by atoms with Crippen molar-refractivity contribution < 1.29 is 8.78 Å². The molecule has 3 nitrogen and oxygen atoms in total. The minimum Gasteiger partial charge on any atom is -0.256 e. The van der Waals surface area contributed by atoms with E-state index in [0.29, 0.717) is 5.69 Å². The summed E-state index contributed by atoms with van der Waals surface area (Å²) in [5.41, 5.74) is -0.440. The molecule has 0 bridgehead atoms. The molecular formula is C11H6F2N2O. The minimum atomic E-state index is -0.992. The largest absolute Gasteiger partial charge is 0.256 e. The van der Waals surface area contributed by atoms with Gasteiger partial charge in [-0.15, -0.1) is 4.91 Å². The van der Waals surface area contributed by atoms with Crippen molar-refractivity contribution in [3.05, 3.63) is 53.1 Å². The first kappa shape index (κ1) is 10.4. The highest BCUT2D eigenvalue weighted by atomic mass is 19.1. The first-order chi connectivity index (χ1) is 7.74. The number of halogens is 2. The molecule has 0 N–H and O–H groups in total. The molecule has 0 amide bonds. The van der Waals surface area contributed by atoms with Gasteiger partial charge in [0.1, 0.15) is 0 Å². The van der Waals surface area contributed by atoms with Gasteiger partial charge in [-0.1, -0.05) is 6.07 Å². The second-order valence-electron chi connectivity index (χ2n) is 3.06. The average Bonchev–Trinajstić information content (AvgIpc) is 2.31. The maximum atomic E-state index is 13.6. The lowest BCUT2D eigenvalue weighted by atomic mass is 10.1. The van der Waals surface area contributed by atoms with Crippen LogP contribution in [0.3, 0.4) is 0 Å². The fraction of sp³-hybridized carbons (Fsp3) is 0. The van der Waals surface area contributed by atoms with Crippen molar-refractivity contribution in [2.75, 3.05) is 0 Å². The van der Waals surface area contributed by atoms with Gasteiger partial charge in [0.2, 0.25) is 0 Å². The van der Waals surface area contributed by atoms with E-state index in [9.17, 15) is 13.7 Å². The smallest absolute Gasteiger partial charge is 0.179 e. The third-order valence-corrected chi connectivity index (χ3v) is 2.10. The van der Waals surface area contributed by atoms with E-state index in [0.717, 1.165) is 6.07 Å². The first-order valence-corrected chi connectivity index (χ1v) is 4.47. The van der Waals surface area contributed by atoms with E-state index < -0.39 is 17.3 Å². The van der Waals surface area contributed by atoms with Crippen molar-refractivity contribution in [2.24, 2.45) is 5.18 Å². The maximum absolute atomic E-state index is 13.6. The van der Waals surface area contributed by atoms with Gasteiger partial charge in [-0.3, -0.25) is 4.98 Å². The molecule has 2 rings (SSSR count). The van der Waals surface area contributed by atoms with E-state index in [-0.39, 0.29) is 5.56 Å². The molecule has 0 unspecified atom stereocenters. The van der Waals surface area contributed by atoms with Crippen LogP contribution in [0.2, 0.25) is 0 Å². The van der Waals surface area contributed by atoms with Crippen LogP contribution in [0, 0.1) is 16.5 Å². The van der Waals surface area contributed by atoms with Gasteiger partial charge in [-0.05, 0) is 29.4 Å². The van der Waals surface area contributed by atoms with Gasteiger partial charge in [-0.25, -0.2) is 8.78 Å². The number of nitroso groups, excluding NO2 is 1. The Morgan fingerprint density at radius 2 is 1.94 bits per heavy atom. The van der Waals surface area contributed by atoms with Crippen molar-refractivity contribution in [1.29, 1.82) is 0 Å². The van der Waals surface area contributed by atoms with Crippen LogP contribution in [0.1, 0.15) is 0 Å². The second kappa shape index (κ2) is 4.14. The summed E-state index contributed by atoms with van der Waals surface area (Å²) in [6.45, 7) is 0. The standard InChI is InChI=1S/C11H6F2N2O/c12-8-5-4-7(10(13)11(8)15-16)9-3-1-2-6-14-9/h1-6H. The van der Waals surface area contributed by atoms with Gasteiger partial charge in [0.05, 0.1) is 5.69 Å². The Labute approximate surface area is 89.7 Å². The molecule has 0 radical (unpaired) electrons.